The molecule has 0 spiro atoms. The van der Waals surface area contributed by atoms with Crippen molar-refractivity contribution in [1.82, 2.24) is 10.2 Å². The number of piperidine rings is 2. The molecule has 0 bridgehead atoms. The molecule has 2 heterocycles. The summed E-state index contributed by atoms with van der Waals surface area (Å²) in [5.41, 5.74) is 0.804. The minimum absolute atomic E-state index is 0.00648. The second-order valence-electron chi connectivity index (χ2n) is 8.36. The van der Waals surface area contributed by atoms with Gasteiger partial charge in [0.1, 0.15) is 5.69 Å². The van der Waals surface area contributed by atoms with Crippen molar-refractivity contribution in [3.05, 3.63) is 33.9 Å². The zero-order valence-corrected chi connectivity index (χ0v) is 16.6. The summed E-state index contributed by atoms with van der Waals surface area (Å²) in [6.45, 7) is 2.93. The summed E-state index contributed by atoms with van der Waals surface area (Å²) in [6, 6.07) is 4.91. The molecular formula is C21H28N4O4. The van der Waals surface area contributed by atoms with Crippen LogP contribution in [0.25, 0.3) is 0 Å². The van der Waals surface area contributed by atoms with Crippen LogP contribution in [0, 0.1) is 16.0 Å². The number of nitrogens with zero attached hydrogens (tertiary/aromatic N) is 3. The number of nitrogens with one attached hydrogen (secondary N) is 1. The second-order valence-corrected chi connectivity index (χ2v) is 8.36. The van der Waals surface area contributed by atoms with Gasteiger partial charge >= 0.3 is 0 Å². The second kappa shape index (κ2) is 8.39. The third-order valence-electron chi connectivity index (χ3n) is 6.20. The molecule has 0 aromatic heterocycles. The smallest absolute Gasteiger partial charge is 0.293 e. The molecule has 0 unspecified atom stereocenters. The Hall–Kier alpha value is -2.64. The van der Waals surface area contributed by atoms with Gasteiger partial charge in [-0.05, 0) is 57.1 Å². The quantitative estimate of drug-likeness (QED) is 0.606. The average Bonchev–Trinajstić information content (AvgIpc) is 3.57. The maximum absolute atomic E-state index is 12.7. The molecule has 8 heteroatoms. The van der Waals surface area contributed by atoms with E-state index in [1.54, 1.807) is 12.1 Å². The van der Waals surface area contributed by atoms with Gasteiger partial charge in [-0.15, -0.1) is 0 Å². The first-order valence-electron chi connectivity index (χ1n) is 10.7. The van der Waals surface area contributed by atoms with Gasteiger partial charge < -0.3 is 15.1 Å². The largest absolute Gasteiger partial charge is 0.366 e. The highest BCUT2D eigenvalue weighted by Crippen LogP contribution is 2.33. The molecule has 1 saturated carbocycles. The van der Waals surface area contributed by atoms with Gasteiger partial charge in [0.2, 0.25) is 5.91 Å². The van der Waals surface area contributed by atoms with Crippen molar-refractivity contribution in [2.75, 3.05) is 31.1 Å². The van der Waals surface area contributed by atoms with Crippen LogP contribution in [-0.4, -0.2) is 53.9 Å². The summed E-state index contributed by atoms with van der Waals surface area (Å²) >= 11 is 0. The Morgan fingerprint density at radius 3 is 2.31 bits per heavy atom. The van der Waals surface area contributed by atoms with Gasteiger partial charge in [-0.1, -0.05) is 0 Å². The average molecular weight is 400 g/mol. The first kappa shape index (κ1) is 19.7. The molecule has 2 amide bonds. The first-order valence-corrected chi connectivity index (χ1v) is 10.7. The van der Waals surface area contributed by atoms with Crippen LogP contribution in [0.3, 0.4) is 0 Å². The molecular weight excluding hydrogens is 372 g/mol. The van der Waals surface area contributed by atoms with Crippen molar-refractivity contribution in [2.45, 2.75) is 51.0 Å². The maximum atomic E-state index is 12.7. The predicted octanol–water partition coefficient (Wildman–Crippen LogP) is 2.72. The molecule has 0 radical (unpaired) electrons. The third-order valence-corrected chi connectivity index (χ3v) is 6.20. The van der Waals surface area contributed by atoms with Crippen molar-refractivity contribution in [3.63, 3.8) is 0 Å². The van der Waals surface area contributed by atoms with Crippen LogP contribution in [-0.2, 0) is 4.79 Å². The van der Waals surface area contributed by atoms with E-state index in [1.807, 2.05) is 9.80 Å². The SMILES string of the molecule is O=C(NC1CC1)c1ccc(N2CCC(C(=O)N3CCCCC3)CC2)c([N+](=O)[O-])c1. The molecule has 29 heavy (non-hydrogen) atoms. The van der Waals surface area contributed by atoms with E-state index in [2.05, 4.69) is 5.32 Å². The Balaban J connectivity index is 1.42. The summed E-state index contributed by atoms with van der Waals surface area (Å²) in [6.07, 6.45) is 6.70. The van der Waals surface area contributed by atoms with E-state index in [0.717, 1.165) is 38.8 Å². The van der Waals surface area contributed by atoms with Gasteiger partial charge in [-0.3, -0.25) is 19.7 Å². The molecule has 3 aliphatic rings. The zero-order valence-electron chi connectivity index (χ0n) is 16.6. The molecule has 1 aliphatic carbocycles. The van der Waals surface area contributed by atoms with E-state index >= 15 is 0 Å². The van der Waals surface area contributed by atoms with Gasteiger partial charge in [0.15, 0.2) is 0 Å². The number of carbonyl (C=O) groups is 2. The van der Waals surface area contributed by atoms with E-state index in [-0.39, 0.29) is 29.5 Å². The van der Waals surface area contributed by atoms with Crippen molar-refractivity contribution < 1.29 is 14.5 Å². The van der Waals surface area contributed by atoms with Crippen LogP contribution in [0.15, 0.2) is 18.2 Å². The lowest BCUT2D eigenvalue weighted by Crippen LogP contribution is -2.44. The van der Waals surface area contributed by atoms with Crippen LogP contribution in [0.4, 0.5) is 11.4 Å². The van der Waals surface area contributed by atoms with E-state index in [0.29, 0.717) is 37.2 Å². The number of benzene rings is 1. The van der Waals surface area contributed by atoms with Gasteiger partial charge in [0.25, 0.3) is 11.6 Å². The van der Waals surface area contributed by atoms with E-state index in [4.69, 9.17) is 0 Å². The van der Waals surface area contributed by atoms with Crippen molar-refractivity contribution in [3.8, 4) is 0 Å². The lowest BCUT2D eigenvalue weighted by atomic mass is 9.93. The van der Waals surface area contributed by atoms with Crippen molar-refractivity contribution >= 4 is 23.2 Å². The fraction of sp³-hybridized carbons (Fsp3) is 0.619. The molecule has 1 N–H and O–H groups in total. The van der Waals surface area contributed by atoms with Gasteiger partial charge in [-0.2, -0.15) is 0 Å². The molecule has 2 aliphatic heterocycles. The van der Waals surface area contributed by atoms with E-state index in [9.17, 15) is 19.7 Å². The Morgan fingerprint density at radius 1 is 1.00 bits per heavy atom. The number of nitro groups is 1. The van der Waals surface area contributed by atoms with E-state index < -0.39 is 4.92 Å². The lowest BCUT2D eigenvalue weighted by Gasteiger charge is -2.36. The Bertz CT molecular complexity index is 794. The third kappa shape index (κ3) is 4.52. The molecule has 1 aromatic rings. The highest BCUT2D eigenvalue weighted by atomic mass is 16.6. The van der Waals surface area contributed by atoms with Gasteiger partial charge in [0.05, 0.1) is 4.92 Å². The molecule has 8 nitrogen and oxygen atoms in total. The molecule has 156 valence electrons. The number of anilines is 1. The zero-order chi connectivity index (χ0) is 20.4. The number of nitro benzene ring substituents is 1. The number of amides is 2. The highest BCUT2D eigenvalue weighted by Gasteiger charge is 2.32. The first-order chi connectivity index (χ1) is 14.0. The molecule has 1 aromatic carbocycles. The summed E-state index contributed by atoms with van der Waals surface area (Å²) < 4.78 is 0. The number of likely N-dealkylation sites (tertiary alicyclic amines) is 1. The minimum atomic E-state index is -0.422. The molecule has 0 atom stereocenters. The molecule has 4 rings (SSSR count). The highest BCUT2D eigenvalue weighted by molar-refractivity contribution is 5.96. The van der Waals surface area contributed by atoms with Crippen LogP contribution >= 0.6 is 0 Å². The maximum Gasteiger partial charge on any atom is 0.293 e. The molecule has 2 saturated heterocycles. The summed E-state index contributed by atoms with van der Waals surface area (Å²) in [5, 5.41) is 14.5. The van der Waals surface area contributed by atoms with E-state index in [1.165, 1.54) is 12.5 Å². The number of hydrogen-bond donors (Lipinski definition) is 1. The van der Waals surface area contributed by atoms with Crippen molar-refractivity contribution in [2.24, 2.45) is 5.92 Å². The predicted molar refractivity (Wildman–Crippen MR) is 109 cm³/mol. The number of rotatable bonds is 5. The fourth-order valence-corrected chi connectivity index (χ4v) is 4.31. The summed E-state index contributed by atoms with van der Waals surface area (Å²) in [7, 11) is 0. The van der Waals surface area contributed by atoms with Crippen molar-refractivity contribution in [1.29, 1.82) is 0 Å². The lowest BCUT2D eigenvalue weighted by molar-refractivity contribution is -0.384. The van der Waals surface area contributed by atoms with Gasteiger partial charge in [-0.25, -0.2) is 0 Å². The Kier molecular flexibility index (Phi) is 5.69. The van der Waals surface area contributed by atoms with Crippen LogP contribution < -0.4 is 10.2 Å². The number of hydrogen-bond acceptors (Lipinski definition) is 5. The number of carbonyl (C=O) groups excluding carboxylic acids is 2. The van der Waals surface area contributed by atoms with Crippen LogP contribution in [0.2, 0.25) is 0 Å². The van der Waals surface area contributed by atoms with Crippen LogP contribution in [0.5, 0.6) is 0 Å². The Labute approximate surface area is 170 Å². The van der Waals surface area contributed by atoms with Gasteiger partial charge in [0, 0.05) is 49.8 Å². The topological polar surface area (TPSA) is 95.8 Å². The monoisotopic (exact) mass is 400 g/mol. The Morgan fingerprint density at radius 2 is 1.69 bits per heavy atom. The normalized spacial score (nSPS) is 20.4. The minimum Gasteiger partial charge on any atom is -0.366 e. The standard InChI is InChI=1S/C21H28N4O4/c26-20(22-17-5-6-17)16-4-7-18(19(14-16)25(28)29)23-12-8-15(9-13-23)21(27)24-10-2-1-3-11-24/h4,7,14-15,17H,1-3,5-6,8-13H2,(H,22,26). The molecule has 3 fully saturated rings. The summed E-state index contributed by atoms with van der Waals surface area (Å²) in [5.74, 6) is -0.00840. The fourth-order valence-electron chi connectivity index (χ4n) is 4.31. The van der Waals surface area contributed by atoms with Crippen LogP contribution in [0.1, 0.15) is 55.3 Å². The summed E-state index contributed by atoms with van der Waals surface area (Å²) in [4.78, 5) is 40.2.